The first-order valence-corrected chi connectivity index (χ1v) is 6.00. The lowest BCUT2D eigenvalue weighted by molar-refractivity contribution is -0.136. The van der Waals surface area contributed by atoms with Crippen molar-refractivity contribution in [2.24, 2.45) is 0 Å². The number of nitrogens with one attached hydrogen (secondary N) is 1. The number of piperidine rings is 1. The van der Waals surface area contributed by atoms with Gasteiger partial charge in [-0.1, -0.05) is 0 Å². The van der Waals surface area contributed by atoms with Gasteiger partial charge in [0.2, 0.25) is 0 Å². The van der Waals surface area contributed by atoms with E-state index in [4.69, 9.17) is 5.11 Å². The van der Waals surface area contributed by atoms with Crippen LogP contribution in [0.25, 0.3) is 0 Å². The Balaban J connectivity index is 2.02. The zero-order chi connectivity index (χ0) is 10.7. The van der Waals surface area contributed by atoms with Crippen molar-refractivity contribution in [2.45, 2.75) is 25.2 Å². The highest BCUT2D eigenvalue weighted by molar-refractivity contribution is 7.09. The molecule has 2 rings (SSSR count). The zero-order valence-corrected chi connectivity index (χ0v) is 9.22. The van der Waals surface area contributed by atoms with Crippen LogP contribution in [0.4, 0.5) is 0 Å². The fraction of sp³-hybridized carbons (Fsp3) is 0.600. The largest absolute Gasteiger partial charge is 0.481 e. The molecule has 1 saturated heterocycles. The molecule has 15 heavy (non-hydrogen) atoms. The van der Waals surface area contributed by atoms with E-state index in [1.165, 1.54) is 11.3 Å². The summed E-state index contributed by atoms with van der Waals surface area (Å²) in [6.45, 7) is 2.08. The molecule has 5 heteroatoms. The Bertz CT molecular complexity index is 345. The van der Waals surface area contributed by atoms with Crippen molar-refractivity contribution in [1.29, 1.82) is 0 Å². The number of thiazole rings is 1. The Morgan fingerprint density at radius 1 is 1.60 bits per heavy atom. The molecule has 0 bridgehead atoms. The van der Waals surface area contributed by atoms with Gasteiger partial charge in [0, 0.05) is 11.3 Å². The Morgan fingerprint density at radius 3 is 3.00 bits per heavy atom. The van der Waals surface area contributed by atoms with E-state index in [1.54, 1.807) is 0 Å². The van der Waals surface area contributed by atoms with Gasteiger partial charge < -0.3 is 10.4 Å². The molecule has 82 valence electrons. The summed E-state index contributed by atoms with van der Waals surface area (Å²) in [6.07, 6.45) is 2.27. The van der Waals surface area contributed by atoms with Crippen LogP contribution >= 0.6 is 11.3 Å². The van der Waals surface area contributed by atoms with E-state index >= 15 is 0 Å². The summed E-state index contributed by atoms with van der Waals surface area (Å²) in [4.78, 5) is 14.9. The minimum absolute atomic E-state index is 0.0512. The van der Waals surface area contributed by atoms with Gasteiger partial charge in [-0.25, -0.2) is 4.98 Å². The van der Waals surface area contributed by atoms with E-state index in [0.717, 1.165) is 36.6 Å². The second-order valence-electron chi connectivity index (χ2n) is 3.76. The van der Waals surface area contributed by atoms with Crippen LogP contribution in [0.1, 0.15) is 29.5 Å². The maximum absolute atomic E-state index is 10.5. The van der Waals surface area contributed by atoms with Crippen LogP contribution < -0.4 is 5.32 Å². The maximum Gasteiger partial charge on any atom is 0.310 e. The third-order valence-electron chi connectivity index (χ3n) is 2.63. The number of carboxylic acid groups (broad SMARTS) is 1. The van der Waals surface area contributed by atoms with Crippen molar-refractivity contribution < 1.29 is 9.90 Å². The monoisotopic (exact) mass is 226 g/mol. The number of aromatic nitrogens is 1. The highest BCUT2D eigenvalue weighted by atomic mass is 32.1. The minimum Gasteiger partial charge on any atom is -0.481 e. The number of carboxylic acids is 1. The summed E-state index contributed by atoms with van der Waals surface area (Å²) < 4.78 is 0. The molecule has 0 amide bonds. The molecule has 0 radical (unpaired) electrons. The number of carbonyl (C=O) groups is 1. The van der Waals surface area contributed by atoms with Gasteiger partial charge in [-0.2, -0.15) is 0 Å². The van der Waals surface area contributed by atoms with Gasteiger partial charge in [0.1, 0.15) is 5.01 Å². The van der Waals surface area contributed by atoms with Gasteiger partial charge in [0.25, 0.3) is 0 Å². The SMILES string of the molecule is O=C(O)Cc1nc(C2CCNCC2)cs1. The molecule has 2 heterocycles. The van der Waals surface area contributed by atoms with Gasteiger partial charge in [-0.3, -0.25) is 4.79 Å². The highest BCUT2D eigenvalue weighted by Crippen LogP contribution is 2.26. The molecular formula is C10H14N2O2S. The fourth-order valence-corrected chi connectivity index (χ4v) is 2.71. The Hall–Kier alpha value is -0.940. The molecule has 2 N–H and O–H groups in total. The van der Waals surface area contributed by atoms with Crippen LogP contribution in [0.15, 0.2) is 5.38 Å². The van der Waals surface area contributed by atoms with Crippen LogP contribution in [-0.2, 0) is 11.2 Å². The minimum atomic E-state index is -0.804. The standard InChI is InChI=1S/C10H14N2O2S/c13-10(14)5-9-12-8(6-15-9)7-1-3-11-4-2-7/h6-7,11H,1-5H2,(H,13,14). The number of aliphatic carboxylic acids is 1. The van der Waals surface area contributed by atoms with E-state index in [2.05, 4.69) is 10.3 Å². The van der Waals surface area contributed by atoms with Crippen molar-refractivity contribution >= 4 is 17.3 Å². The topological polar surface area (TPSA) is 62.2 Å². The van der Waals surface area contributed by atoms with Crippen molar-refractivity contribution in [3.8, 4) is 0 Å². The van der Waals surface area contributed by atoms with Crippen LogP contribution in [-0.4, -0.2) is 29.1 Å². The summed E-state index contributed by atoms with van der Waals surface area (Å²) in [5, 5.41) is 14.7. The Morgan fingerprint density at radius 2 is 2.33 bits per heavy atom. The van der Waals surface area contributed by atoms with Crippen molar-refractivity contribution in [3.63, 3.8) is 0 Å². The second kappa shape index (κ2) is 4.72. The molecule has 0 unspecified atom stereocenters. The van der Waals surface area contributed by atoms with Crippen LogP contribution in [0.3, 0.4) is 0 Å². The summed E-state index contributed by atoms with van der Waals surface area (Å²) in [6, 6.07) is 0. The first kappa shape index (κ1) is 10.6. The summed E-state index contributed by atoms with van der Waals surface area (Å²) in [5.41, 5.74) is 1.08. The maximum atomic E-state index is 10.5. The first-order chi connectivity index (χ1) is 7.25. The Labute approximate surface area is 92.3 Å². The molecule has 0 saturated carbocycles. The molecular weight excluding hydrogens is 212 g/mol. The molecule has 0 spiro atoms. The van der Waals surface area contributed by atoms with Crippen molar-refractivity contribution in [3.05, 3.63) is 16.1 Å². The first-order valence-electron chi connectivity index (χ1n) is 5.12. The fourth-order valence-electron chi connectivity index (χ4n) is 1.84. The lowest BCUT2D eigenvalue weighted by Gasteiger charge is -2.20. The molecule has 4 nitrogen and oxygen atoms in total. The van der Waals surface area contributed by atoms with E-state index in [-0.39, 0.29) is 6.42 Å². The molecule has 1 aromatic heterocycles. The predicted molar refractivity (Wildman–Crippen MR) is 58.3 cm³/mol. The smallest absolute Gasteiger partial charge is 0.310 e. The zero-order valence-electron chi connectivity index (χ0n) is 8.40. The van der Waals surface area contributed by atoms with Crippen molar-refractivity contribution in [2.75, 3.05) is 13.1 Å². The molecule has 0 aliphatic carbocycles. The summed E-state index contributed by atoms with van der Waals surface area (Å²) in [5.74, 6) is -0.286. The Kier molecular flexibility index (Phi) is 3.33. The summed E-state index contributed by atoms with van der Waals surface area (Å²) in [7, 11) is 0. The lowest BCUT2D eigenvalue weighted by atomic mass is 9.95. The quantitative estimate of drug-likeness (QED) is 0.814. The molecule has 1 fully saturated rings. The molecule has 1 aromatic rings. The van der Waals surface area contributed by atoms with Crippen LogP contribution in [0.5, 0.6) is 0 Å². The molecule has 0 aromatic carbocycles. The normalized spacial score (nSPS) is 17.9. The third kappa shape index (κ3) is 2.76. The molecule has 1 aliphatic rings. The second-order valence-corrected chi connectivity index (χ2v) is 4.70. The van der Waals surface area contributed by atoms with Gasteiger partial charge >= 0.3 is 5.97 Å². The number of rotatable bonds is 3. The van der Waals surface area contributed by atoms with Gasteiger partial charge in [0.05, 0.1) is 12.1 Å². The third-order valence-corrected chi connectivity index (χ3v) is 3.50. The van der Waals surface area contributed by atoms with E-state index < -0.39 is 5.97 Å². The van der Waals surface area contributed by atoms with Gasteiger partial charge in [-0.15, -0.1) is 11.3 Å². The number of nitrogens with zero attached hydrogens (tertiary/aromatic N) is 1. The van der Waals surface area contributed by atoms with Crippen LogP contribution in [0, 0.1) is 0 Å². The number of hydrogen-bond acceptors (Lipinski definition) is 4. The number of hydrogen-bond donors (Lipinski definition) is 2. The lowest BCUT2D eigenvalue weighted by Crippen LogP contribution is -2.26. The van der Waals surface area contributed by atoms with Crippen LogP contribution in [0.2, 0.25) is 0 Å². The molecule has 0 atom stereocenters. The average molecular weight is 226 g/mol. The van der Waals surface area contributed by atoms with Gasteiger partial charge in [-0.05, 0) is 25.9 Å². The molecule has 1 aliphatic heterocycles. The summed E-state index contributed by atoms with van der Waals surface area (Å²) >= 11 is 1.46. The van der Waals surface area contributed by atoms with Gasteiger partial charge in [0.15, 0.2) is 0 Å². The van der Waals surface area contributed by atoms with E-state index in [0.29, 0.717) is 5.92 Å². The predicted octanol–water partition coefficient (Wildman–Crippen LogP) is 1.24. The van der Waals surface area contributed by atoms with E-state index in [1.807, 2.05) is 5.38 Å². The highest BCUT2D eigenvalue weighted by Gasteiger charge is 2.18. The van der Waals surface area contributed by atoms with Crippen molar-refractivity contribution in [1.82, 2.24) is 10.3 Å². The van der Waals surface area contributed by atoms with E-state index in [9.17, 15) is 4.79 Å². The average Bonchev–Trinajstić information content (AvgIpc) is 2.67.